The van der Waals surface area contributed by atoms with Crippen LogP contribution in [0.2, 0.25) is 0 Å². The van der Waals surface area contributed by atoms with Crippen LogP contribution in [0.15, 0.2) is 59.5 Å². The minimum atomic E-state index is -0.382. The Morgan fingerprint density at radius 3 is 2.75 bits per heavy atom. The number of carbonyl (C=O) groups excluding carboxylic acids is 1. The van der Waals surface area contributed by atoms with Crippen molar-refractivity contribution in [2.24, 2.45) is 5.92 Å². The van der Waals surface area contributed by atoms with Crippen LogP contribution >= 0.6 is 0 Å². The molecule has 0 unspecified atom stereocenters. The molecule has 1 aliphatic heterocycles. The molecule has 1 atom stereocenters. The molecule has 2 aromatic carbocycles. The summed E-state index contributed by atoms with van der Waals surface area (Å²) < 4.78 is 15.1. The van der Waals surface area contributed by atoms with E-state index in [0.717, 1.165) is 31.6 Å². The predicted octanol–water partition coefficient (Wildman–Crippen LogP) is 3.79. The molecule has 1 fully saturated rings. The van der Waals surface area contributed by atoms with Crippen LogP contribution in [0, 0.1) is 11.7 Å². The number of likely N-dealkylation sites (tertiary alicyclic amines) is 1. The van der Waals surface area contributed by atoms with Crippen molar-refractivity contribution in [1.29, 1.82) is 0 Å². The molecule has 1 aliphatic rings. The highest BCUT2D eigenvalue weighted by atomic mass is 19.1. The fourth-order valence-electron chi connectivity index (χ4n) is 4.17. The van der Waals surface area contributed by atoms with Gasteiger partial charge in [-0.15, -0.1) is 5.10 Å². The Morgan fingerprint density at radius 2 is 2.00 bits per heavy atom. The molecule has 32 heavy (non-hydrogen) atoms. The molecule has 1 saturated heterocycles. The van der Waals surface area contributed by atoms with Gasteiger partial charge < -0.3 is 9.88 Å². The number of aromatic nitrogens is 4. The van der Waals surface area contributed by atoms with Gasteiger partial charge in [0.05, 0.1) is 17.4 Å². The van der Waals surface area contributed by atoms with Crippen LogP contribution in [-0.4, -0.2) is 43.9 Å². The fraction of sp³-hybridized carbons (Fsp3) is 0.250. The number of fused-ring (bicyclic) bond motifs is 1. The molecular formula is C24H22FN5O2. The van der Waals surface area contributed by atoms with E-state index in [9.17, 15) is 14.0 Å². The molecule has 2 aromatic heterocycles. The zero-order valence-electron chi connectivity index (χ0n) is 17.6. The van der Waals surface area contributed by atoms with Crippen LogP contribution in [0.4, 0.5) is 4.39 Å². The molecule has 5 rings (SSSR count). The first-order chi connectivity index (χ1) is 15.5. The number of nitrogens with zero attached hydrogens (tertiary/aromatic N) is 4. The van der Waals surface area contributed by atoms with Crippen molar-refractivity contribution >= 4 is 16.8 Å². The maximum atomic E-state index is 13.6. The van der Waals surface area contributed by atoms with Gasteiger partial charge in [0.25, 0.3) is 11.5 Å². The number of pyridine rings is 1. The van der Waals surface area contributed by atoms with Crippen molar-refractivity contribution in [2.75, 3.05) is 13.1 Å². The van der Waals surface area contributed by atoms with E-state index in [0.29, 0.717) is 33.6 Å². The summed E-state index contributed by atoms with van der Waals surface area (Å²) in [6.07, 6.45) is 3.79. The Bertz CT molecular complexity index is 1360. The second-order valence-corrected chi connectivity index (χ2v) is 8.15. The second-order valence-electron chi connectivity index (χ2n) is 8.15. The highest BCUT2D eigenvalue weighted by Gasteiger charge is 2.25. The van der Waals surface area contributed by atoms with Gasteiger partial charge in [-0.05, 0) is 60.9 Å². The number of halogens is 1. The number of nitrogens with one attached hydrogen (secondary N) is 1. The van der Waals surface area contributed by atoms with Crippen LogP contribution in [-0.2, 0) is 0 Å². The molecule has 1 amide bonds. The summed E-state index contributed by atoms with van der Waals surface area (Å²) in [6.45, 7) is 3.77. The van der Waals surface area contributed by atoms with Gasteiger partial charge in [0.15, 0.2) is 0 Å². The molecule has 0 aliphatic carbocycles. The van der Waals surface area contributed by atoms with Crippen LogP contribution in [0.3, 0.4) is 0 Å². The number of amides is 1. The van der Waals surface area contributed by atoms with Crippen LogP contribution in [0.25, 0.3) is 27.8 Å². The van der Waals surface area contributed by atoms with Crippen molar-refractivity contribution in [1.82, 2.24) is 24.9 Å². The fourth-order valence-corrected chi connectivity index (χ4v) is 4.17. The lowest BCUT2D eigenvalue weighted by Gasteiger charge is -2.16. The zero-order chi connectivity index (χ0) is 22.2. The van der Waals surface area contributed by atoms with E-state index >= 15 is 0 Å². The average molecular weight is 431 g/mol. The third kappa shape index (κ3) is 3.68. The van der Waals surface area contributed by atoms with E-state index in [4.69, 9.17) is 0 Å². The largest absolute Gasteiger partial charge is 0.338 e. The maximum Gasteiger partial charge on any atom is 0.258 e. The molecule has 0 saturated carbocycles. The average Bonchev–Trinajstić information content (AvgIpc) is 3.48. The van der Waals surface area contributed by atoms with Crippen LogP contribution < -0.4 is 5.56 Å². The first-order valence-corrected chi connectivity index (χ1v) is 10.7. The normalized spacial score (nSPS) is 16.1. The van der Waals surface area contributed by atoms with Crippen molar-refractivity contribution in [2.45, 2.75) is 19.8 Å². The first kappa shape index (κ1) is 20.1. The van der Waals surface area contributed by atoms with Gasteiger partial charge >= 0.3 is 0 Å². The quantitative estimate of drug-likeness (QED) is 0.533. The molecule has 8 heteroatoms. The van der Waals surface area contributed by atoms with Crippen molar-refractivity contribution in [3.63, 3.8) is 0 Å². The van der Waals surface area contributed by atoms with E-state index in [1.54, 1.807) is 41.2 Å². The topological polar surface area (TPSA) is 83.9 Å². The van der Waals surface area contributed by atoms with Crippen molar-refractivity contribution < 1.29 is 9.18 Å². The Labute approximate surface area is 183 Å². The summed E-state index contributed by atoms with van der Waals surface area (Å²) in [6, 6.07) is 13.0. The minimum Gasteiger partial charge on any atom is -0.338 e. The second kappa shape index (κ2) is 8.03. The SMILES string of the molecule is CC[C@H]1CCN(C(=O)c2ccc(-n3cc(-c4cc5cc(F)ccc5[nH]c4=O)nn3)cc2)C1. The number of hydrogen-bond donors (Lipinski definition) is 1. The highest BCUT2D eigenvalue weighted by Crippen LogP contribution is 2.22. The Kier molecular flexibility index (Phi) is 5.05. The molecule has 0 spiro atoms. The molecule has 7 nitrogen and oxygen atoms in total. The van der Waals surface area contributed by atoms with Gasteiger partial charge in [0, 0.05) is 29.6 Å². The standard InChI is InChI=1S/C24H22FN5O2/c1-2-15-9-10-29(13-15)24(32)16-3-6-19(7-4-16)30-14-22(27-28-30)20-12-17-11-18(25)5-8-21(17)26-23(20)31/h3-8,11-12,14-15H,2,9-10,13H2,1H3,(H,26,31)/t15-/m0/s1. The lowest BCUT2D eigenvalue weighted by molar-refractivity contribution is 0.0787. The zero-order valence-corrected chi connectivity index (χ0v) is 17.6. The number of benzene rings is 2. The lowest BCUT2D eigenvalue weighted by atomic mass is 10.1. The van der Waals surface area contributed by atoms with Gasteiger partial charge in [0.2, 0.25) is 0 Å². The Hall–Kier alpha value is -3.81. The number of carbonyl (C=O) groups is 1. The summed E-state index contributed by atoms with van der Waals surface area (Å²) in [4.78, 5) is 29.9. The van der Waals surface area contributed by atoms with Gasteiger partial charge in [-0.1, -0.05) is 18.6 Å². The van der Waals surface area contributed by atoms with E-state index in [1.165, 1.54) is 18.2 Å². The predicted molar refractivity (Wildman–Crippen MR) is 119 cm³/mol. The highest BCUT2D eigenvalue weighted by molar-refractivity contribution is 5.94. The summed E-state index contributed by atoms with van der Waals surface area (Å²) in [5.41, 5.74) is 2.26. The number of hydrogen-bond acceptors (Lipinski definition) is 4. The number of H-pyrrole nitrogens is 1. The van der Waals surface area contributed by atoms with Gasteiger partial charge in [-0.25, -0.2) is 9.07 Å². The van der Waals surface area contributed by atoms with Crippen LogP contribution in [0.1, 0.15) is 30.1 Å². The van der Waals surface area contributed by atoms with E-state index in [-0.39, 0.29) is 17.3 Å². The number of rotatable bonds is 4. The van der Waals surface area contributed by atoms with Gasteiger partial charge in [-0.3, -0.25) is 9.59 Å². The first-order valence-electron chi connectivity index (χ1n) is 10.7. The molecule has 0 radical (unpaired) electrons. The molecular weight excluding hydrogens is 409 g/mol. The molecule has 4 aromatic rings. The molecule has 3 heterocycles. The summed E-state index contributed by atoms with van der Waals surface area (Å²) in [7, 11) is 0. The molecule has 1 N–H and O–H groups in total. The van der Waals surface area contributed by atoms with E-state index in [2.05, 4.69) is 22.2 Å². The summed E-state index contributed by atoms with van der Waals surface area (Å²) in [5, 5.41) is 8.81. The van der Waals surface area contributed by atoms with E-state index < -0.39 is 0 Å². The maximum absolute atomic E-state index is 13.6. The smallest absolute Gasteiger partial charge is 0.258 e. The Balaban J connectivity index is 1.39. The summed E-state index contributed by atoms with van der Waals surface area (Å²) in [5.74, 6) is 0.246. The number of aromatic amines is 1. The van der Waals surface area contributed by atoms with Gasteiger partial charge in [0.1, 0.15) is 11.5 Å². The van der Waals surface area contributed by atoms with Gasteiger partial charge in [-0.2, -0.15) is 0 Å². The van der Waals surface area contributed by atoms with E-state index in [1.807, 2.05) is 4.90 Å². The Morgan fingerprint density at radius 1 is 1.19 bits per heavy atom. The van der Waals surface area contributed by atoms with Crippen molar-refractivity contribution in [3.05, 3.63) is 76.5 Å². The third-order valence-electron chi connectivity index (χ3n) is 6.10. The van der Waals surface area contributed by atoms with Crippen molar-refractivity contribution in [3.8, 4) is 16.9 Å². The monoisotopic (exact) mass is 431 g/mol. The van der Waals surface area contributed by atoms with Crippen LogP contribution in [0.5, 0.6) is 0 Å². The third-order valence-corrected chi connectivity index (χ3v) is 6.10. The molecule has 162 valence electrons. The lowest BCUT2D eigenvalue weighted by Crippen LogP contribution is -2.28. The summed E-state index contributed by atoms with van der Waals surface area (Å²) >= 11 is 0. The molecule has 0 bridgehead atoms. The minimum absolute atomic E-state index is 0.0432.